The lowest BCUT2D eigenvalue weighted by Crippen LogP contribution is -2.37. The highest BCUT2D eigenvalue weighted by molar-refractivity contribution is 7.78. The molecule has 0 aromatic carbocycles. The molecule has 0 bridgehead atoms. The maximum absolute atomic E-state index is 11.0. The lowest BCUT2D eigenvalue weighted by molar-refractivity contribution is -0.130. The van der Waals surface area contributed by atoms with Gasteiger partial charge in [-0.15, -0.1) is 0 Å². The van der Waals surface area contributed by atoms with Crippen LogP contribution in [-0.4, -0.2) is 35.6 Å². The van der Waals surface area contributed by atoms with Gasteiger partial charge in [0.25, 0.3) is 0 Å². The quantitative estimate of drug-likeness (QED) is 0.495. The van der Waals surface area contributed by atoms with Crippen LogP contribution in [0.15, 0.2) is 4.99 Å². The standard InChI is InChI=1S/C9H14N2OS/c1-8(12)11-4-2-9(3-5-11)6-10-7-13/h9H,2-6H2,1H3. The van der Waals surface area contributed by atoms with Crippen molar-refractivity contribution in [3.63, 3.8) is 0 Å². The van der Waals surface area contributed by atoms with E-state index in [1.165, 1.54) is 0 Å². The number of hydrogen-bond acceptors (Lipinski definition) is 3. The third-order valence-corrected chi connectivity index (χ3v) is 2.60. The number of thiocarbonyl (C=S) groups is 1. The fourth-order valence-corrected chi connectivity index (χ4v) is 1.67. The molecular weight excluding hydrogens is 184 g/mol. The van der Waals surface area contributed by atoms with Crippen molar-refractivity contribution in [3.05, 3.63) is 0 Å². The van der Waals surface area contributed by atoms with E-state index in [1.807, 2.05) is 4.90 Å². The van der Waals surface area contributed by atoms with Crippen LogP contribution in [0.1, 0.15) is 19.8 Å². The van der Waals surface area contributed by atoms with Crippen molar-refractivity contribution in [3.8, 4) is 0 Å². The van der Waals surface area contributed by atoms with Gasteiger partial charge >= 0.3 is 0 Å². The number of aliphatic imine (C=N–C) groups is 1. The molecule has 1 amide bonds. The molecule has 0 unspecified atom stereocenters. The van der Waals surface area contributed by atoms with Gasteiger partial charge in [0.15, 0.2) is 0 Å². The minimum absolute atomic E-state index is 0.178. The first-order valence-electron chi connectivity index (χ1n) is 4.53. The zero-order chi connectivity index (χ0) is 9.68. The van der Waals surface area contributed by atoms with Crippen LogP contribution in [0.25, 0.3) is 0 Å². The Morgan fingerprint density at radius 2 is 2.23 bits per heavy atom. The molecule has 0 atom stereocenters. The van der Waals surface area contributed by atoms with Crippen molar-refractivity contribution in [1.82, 2.24) is 4.90 Å². The van der Waals surface area contributed by atoms with Crippen LogP contribution < -0.4 is 0 Å². The van der Waals surface area contributed by atoms with Crippen LogP contribution >= 0.6 is 12.2 Å². The Kier molecular flexibility index (Phi) is 4.06. The molecule has 0 saturated carbocycles. The van der Waals surface area contributed by atoms with Gasteiger partial charge < -0.3 is 4.90 Å². The molecule has 0 radical (unpaired) electrons. The number of hydrogen-bond donors (Lipinski definition) is 0. The van der Waals surface area contributed by atoms with Gasteiger partial charge in [-0.05, 0) is 31.0 Å². The van der Waals surface area contributed by atoms with E-state index in [-0.39, 0.29) is 5.91 Å². The predicted octanol–water partition coefficient (Wildman–Crippen LogP) is 1.35. The molecule has 1 heterocycles. The van der Waals surface area contributed by atoms with Gasteiger partial charge in [0.1, 0.15) is 0 Å². The number of rotatable bonds is 2. The smallest absolute Gasteiger partial charge is 0.219 e. The van der Waals surface area contributed by atoms with E-state index in [4.69, 9.17) is 0 Å². The Labute approximate surface area is 83.8 Å². The van der Waals surface area contributed by atoms with E-state index in [1.54, 1.807) is 6.92 Å². The molecule has 72 valence electrons. The van der Waals surface area contributed by atoms with E-state index in [0.29, 0.717) is 5.92 Å². The lowest BCUT2D eigenvalue weighted by atomic mass is 9.97. The number of carbonyl (C=O) groups is 1. The second kappa shape index (κ2) is 5.10. The summed E-state index contributed by atoms with van der Waals surface area (Å²) >= 11 is 4.50. The Morgan fingerprint density at radius 3 is 2.69 bits per heavy atom. The van der Waals surface area contributed by atoms with E-state index in [0.717, 1.165) is 32.5 Å². The van der Waals surface area contributed by atoms with Crippen LogP contribution in [0.3, 0.4) is 0 Å². The van der Waals surface area contributed by atoms with Crippen LogP contribution in [0, 0.1) is 5.92 Å². The fourth-order valence-electron chi connectivity index (χ4n) is 1.60. The minimum atomic E-state index is 0.178. The van der Waals surface area contributed by atoms with E-state index < -0.39 is 0 Å². The van der Waals surface area contributed by atoms with Gasteiger partial charge in [-0.25, -0.2) is 4.99 Å². The molecule has 1 aliphatic heterocycles. The fraction of sp³-hybridized carbons (Fsp3) is 0.778. The molecule has 0 N–H and O–H groups in total. The number of carbonyl (C=O) groups excluding carboxylic acids is 1. The first kappa shape index (κ1) is 10.4. The number of piperidine rings is 1. The molecule has 0 aliphatic carbocycles. The van der Waals surface area contributed by atoms with E-state index >= 15 is 0 Å². The molecule has 4 heteroatoms. The number of amides is 1. The largest absolute Gasteiger partial charge is 0.343 e. The maximum Gasteiger partial charge on any atom is 0.219 e. The molecule has 0 aromatic heterocycles. The van der Waals surface area contributed by atoms with Gasteiger partial charge in [-0.1, -0.05) is 0 Å². The summed E-state index contributed by atoms with van der Waals surface area (Å²) in [6.07, 6.45) is 2.08. The molecular formula is C9H14N2OS. The third-order valence-electron chi connectivity index (χ3n) is 2.47. The van der Waals surface area contributed by atoms with Gasteiger partial charge in [0.2, 0.25) is 5.91 Å². The Morgan fingerprint density at radius 1 is 1.62 bits per heavy atom. The number of isothiocyanates is 1. The van der Waals surface area contributed by atoms with Gasteiger partial charge in [-0.3, -0.25) is 4.79 Å². The molecule has 1 fully saturated rings. The first-order chi connectivity index (χ1) is 6.24. The summed E-state index contributed by atoms with van der Waals surface area (Å²) in [4.78, 5) is 16.8. The summed E-state index contributed by atoms with van der Waals surface area (Å²) < 4.78 is 0. The van der Waals surface area contributed by atoms with Crippen molar-refractivity contribution in [2.45, 2.75) is 19.8 Å². The topological polar surface area (TPSA) is 32.7 Å². The highest BCUT2D eigenvalue weighted by atomic mass is 32.1. The van der Waals surface area contributed by atoms with E-state index in [2.05, 4.69) is 22.4 Å². The highest BCUT2D eigenvalue weighted by Crippen LogP contribution is 2.17. The summed E-state index contributed by atoms with van der Waals surface area (Å²) in [6.45, 7) is 4.13. The van der Waals surface area contributed by atoms with Crippen LogP contribution in [0.5, 0.6) is 0 Å². The lowest BCUT2D eigenvalue weighted by Gasteiger charge is -2.30. The molecule has 0 aromatic rings. The Balaban J connectivity index is 2.30. The molecule has 1 saturated heterocycles. The molecule has 1 rings (SSSR count). The van der Waals surface area contributed by atoms with Crippen LogP contribution in [0.4, 0.5) is 0 Å². The molecule has 3 nitrogen and oxygen atoms in total. The summed E-state index contributed by atoms with van der Waals surface area (Å²) in [5.41, 5.74) is 0. The molecule has 0 spiro atoms. The second-order valence-corrected chi connectivity index (χ2v) is 3.56. The van der Waals surface area contributed by atoms with Crippen molar-refractivity contribution < 1.29 is 4.79 Å². The average Bonchev–Trinajstić information content (AvgIpc) is 2.15. The van der Waals surface area contributed by atoms with E-state index in [9.17, 15) is 4.79 Å². The summed E-state index contributed by atoms with van der Waals surface area (Å²) in [7, 11) is 0. The van der Waals surface area contributed by atoms with Crippen LogP contribution in [0.2, 0.25) is 0 Å². The van der Waals surface area contributed by atoms with Gasteiger partial charge in [-0.2, -0.15) is 0 Å². The third kappa shape index (κ3) is 3.25. The zero-order valence-corrected chi connectivity index (χ0v) is 8.64. The number of nitrogens with zero attached hydrogens (tertiary/aromatic N) is 2. The summed E-state index contributed by atoms with van der Waals surface area (Å²) in [5, 5.41) is 2.38. The van der Waals surface area contributed by atoms with Crippen molar-refractivity contribution in [2.75, 3.05) is 19.6 Å². The highest BCUT2D eigenvalue weighted by Gasteiger charge is 2.19. The zero-order valence-electron chi connectivity index (χ0n) is 7.82. The second-order valence-electron chi connectivity index (χ2n) is 3.38. The SMILES string of the molecule is CC(=O)N1CCC(CN=C=S)CC1. The predicted molar refractivity (Wildman–Crippen MR) is 54.9 cm³/mol. The van der Waals surface area contributed by atoms with Gasteiger partial charge in [0, 0.05) is 20.0 Å². The monoisotopic (exact) mass is 198 g/mol. The maximum atomic E-state index is 11.0. The Bertz CT molecular complexity index is 228. The molecule has 13 heavy (non-hydrogen) atoms. The van der Waals surface area contributed by atoms with Crippen molar-refractivity contribution >= 4 is 23.3 Å². The minimum Gasteiger partial charge on any atom is -0.343 e. The van der Waals surface area contributed by atoms with Crippen molar-refractivity contribution in [1.29, 1.82) is 0 Å². The van der Waals surface area contributed by atoms with Gasteiger partial charge in [0.05, 0.1) is 11.7 Å². The number of likely N-dealkylation sites (tertiary alicyclic amines) is 1. The first-order valence-corrected chi connectivity index (χ1v) is 4.94. The average molecular weight is 198 g/mol. The normalized spacial score (nSPS) is 18.1. The Hall–Kier alpha value is -0.730. The van der Waals surface area contributed by atoms with Crippen LogP contribution in [-0.2, 0) is 4.79 Å². The summed E-state index contributed by atoms with van der Waals surface area (Å²) in [5.74, 6) is 0.767. The molecule has 1 aliphatic rings. The van der Waals surface area contributed by atoms with Crippen molar-refractivity contribution in [2.24, 2.45) is 10.9 Å². The summed E-state index contributed by atoms with van der Waals surface area (Å²) in [6, 6.07) is 0.